The third-order valence-electron chi connectivity index (χ3n) is 4.84. The molecule has 0 fully saturated rings. The summed E-state index contributed by atoms with van der Waals surface area (Å²) in [5.41, 5.74) is 5.74. The standard InChI is InChI=1S/C21H24FN3O2/c1-12-8-13(2)20(14(3)9-12)25-19(26)11-23-21(27)24-18-7-4-15-10-16(22)5-6-17(15)18/h5-6,8-10,18H,4,7,11H2,1-3H3,(H,25,26)(H2,23,24,27). The molecule has 1 aliphatic rings. The fourth-order valence-electron chi connectivity index (χ4n) is 3.67. The van der Waals surface area contributed by atoms with Crippen LogP contribution in [0.3, 0.4) is 0 Å². The first-order valence-corrected chi connectivity index (χ1v) is 9.04. The smallest absolute Gasteiger partial charge is 0.315 e. The first kappa shape index (κ1) is 18.9. The number of carbonyl (C=O) groups excluding carboxylic acids is 2. The first-order valence-electron chi connectivity index (χ1n) is 9.04. The second-order valence-corrected chi connectivity index (χ2v) is 7.08. The van der Waals surface area contributed by atoms with Crippen LogP contribution in [0.2, 0.25) is 0 Å². The lowest BCUT2D eigenvalue weighted by Gasteiger charge is -2.16. The molecule has 0 bridgehead atoms. The largest absolute Gasteiger partial charge is 0.331 e. The normalized spacial score (nSPS) is 15.2. The van der Waals surface area contributed by atoms with E-state index in [2.05, 4.69) is 16.0 Å². The maximum Gasteiger partial charge on any atom is 0.315 e. The van der Waals surface area contributed by atoms with Gasteiger partial charge in [-0.1, -0.05) is 23.8 Å². The Bertz CT molecular complexity index is 872. The van der Waals surface area contributed by atoms with E-state index < -0.39 is 6.03 Å². The van der Waals surface area contributed by atoms with Crippen molar-refractivity contribution in [2.24, 2.45) is 0 Å². The molecule has 0 heterocycles. The van der Waals surface area contributed by atoms with Gasteiger partial charge in [-0.2, -0.15) is 0 Å². The Morgan fingerprint density at radius 2 is 1.81 bits per heavy atom. The molecule has 1 unspecified atom stereocenters. The second kappa shape index (κ2) is 7.78. The molecule has 3 amide bonds. The van der Waals surface area contributed by atoms with Crippen molar-refractivity contribution in [2.75, 3.05) is 11.9 Å². The SMILES string of the molecule is Cc1cc(C)c(NC(=O)CNC(=O)NC2CCc3cc(F)ccc32)c(C)c1. The molecule has 1 aliphatic carbocycles. The van der Waals surface area contributed by atoms with Crippen molar-refractivity contribution < 1.29 is 14.0 Å². The molecular formula is C21H24FN3O2. The molecule has 0 aromatic heterocycles. The van der Waals surface area contributed by atoms with Crippen LogP contribution in [0.25, 0.3) is 0 Å². The number of benzene rings is 2. The van der Waals surface area contributed by atoms with E-state index in [1.807, 2.05) is 32.9 Å². The Labute approximate surface area is 158 Å². The van der Waals surface area contributed by atoms with E-state index >= 15 is 0 Å². The molecule has 1 atom stereocenters. The summed E-state index contributed by atoms with van der Waals surface area (Å²) in [6.07, 6.45) is 1.45. The predicted octanol–water partition coefficient (Wildman–Crippen LogP) is 3.68. The van der Waals surface area contributed by atoms with Gasteiger partial charge in [-0.3, -0.25) is 4.79 Å². The number of hydrogen-bond acceptors (Lipinski definition) is 2. The van der Waals surface area contributed by atoms with Crippen LogP contribution >= 0.6 is 0 Å². The lowest BCUT2D eigenvalue weighted by molar-refractivity contribution is -0.115. The Hall–Kier alpha value is -2.89. The van der Waals surface area contributed by atoms with Crippen LogP contribution in [0.1, 0.15) is 40.3 Å². The number of nitrogens with one attached hydrogen (secondary N) is 3. The molecule has 0 saturated carbocycles. The molecule has 142 valence electrons. The van der Waals surface area contributed by atoms with Gasteiger partial charge >= 0.3 is 6.03 Å². The summed E-state index contributed by atoms with van der Waals surface area (Å²) in [7, 11) is 0. The minimum atomic E-state index is -0.412. The summed E-state index contributed by atoms with van der Waals surface area (Å²) in [6.45, 7) is 5.76. The van der Waals surface area contributed by atoms with Crippen molar-refractivity contribution in [3.63, 3.8) is 0 Å². The van der Waals surface area contributed by atoms with Crippen molar-refractivity contribution in [1.82, 2.24) is 10.6 Å². The summed E-state index contributed by atoms with van der Waals surface area (Å²) < 4.78 is 13.3. The summed E-state index contributed by atoms with van der Waals surface area (Å²) in [6, 6.07) is 8.05. The average Bonchev–Trinajstić information content (AvgIpc) is 2.98. The molecule has 6 heteroatoms. The van der Waals surface area contributed by atoms with Crippen molar-refractivity contribution in [1.29, 1.82) is 0 Å². The fourth-order valence-corrected chi connectivity index (χ4v) is 3.67. The highest BCUT2D eigenvalue weighted by Crippen LogP contribution is 2.31. The third-order valence-corrected chi connectivity index (χ3v) is 4.84. The topological polar surface area (TPSA) is 70.2 Å². The third kappa shape index (κ3) is 4.45. The number of fused-ring (bicyclic) bond motifs is 1. The maximum absolute atomic E-state index is 13.3. The van der Waals surface area contributed by atoms with Gasteiger partial charge in [0.2, 0.25) is 5.91 Å². The van der Waals surface area contributed by atoms with E-state index in [0.717, 1.165) is 46.3 Å². The van der Waals surface area contributed by atoms with Crippen LogP contribution in [0.5, 0.6) is 0 Å². The minimum absolute atomic E-state index is 0.123. The quantitative estimate of drug-likeness (QED) is 0.769. The number of urea groups is 1. The number of hydrogen-bond donors (Lipinski definition) is 3. The highest BCUT2D eigenvalue weighted by atomic mass is 19.1. The van der Waals surface area contributed by atoms with E-state index in [0.29, 0.717) is 0 Å². The van der Waals surface area contributed by atoms with Gasteiger partial charge in [-0.15, -0.1) is 0 Å². The highest BCUT2D eigenvalue weighted by Gasteiger charge is 2.24. The van der Waals surface area contributed by atoms with Crippen molar-refractivity contribution in [3.8, 4) is 0 Å². The molecule has 3 rings (SSSR count). The van der Waals surface area contributed by atoms with E-state index in [1.54, 1.807) is 6.07 Å². The molecule has 2 aromatic carbocycles. The van der Waals surface area contributed by atoms with E-state index in [4.69, 9.17) is 0 Å². The highest BCUT2D eigenvalue weighted by molar-refractivity contribution is 5.95. The number of anilines is 1. The number of amides is 3. The molecule has 3 N–H and O–H groups in total. The Morgan fingerprint density at radius 1 is 1.11 bits per heavy atom. The van der Waals surface area contributed by atoms with Crippen LogP contribution in [0.15, 0.2) is 30.3 Å². The average molecular weight is 369 g/mol. The first-order chi connectivity index (χ1) is 12.8. The van der Waals surface area contributed by atoms with Gasteiger partial charge in [0.15, 0.2) is 0 Å². The molecular weight excluding hydrogens is 345 g/mol. The summed E-state index contributed by atoms with van der Waals surface area (Å²) in [4.78, 5) is 24.3. The van der Waals surface area contributed by atoms with E-state index in [9.17, 15) is 14.0 Å². The van der Waals surface area contributed by atoms with Gasteiger partial charge in [-0.25, -0.2) is 9.18 Å². The number of carbonyl (C=O) groups is 2. The van der Waals surface area contributed by atoms with Gasteiger partial charge in [0.1, 0.15) is 5.82 Å². The zero-order valence-corrected chi connectivity index (χ0v) is 15.8. The maximum atomic E-state index is 13.3. The van der Waals surface area contributed by atoms with E-state index in [-0.39, 0.29) is 24.3 Å². The summed E-state index contributed by atoms with van der Waals surface area (Å²) >= 11 is 0. The Kier molecular flexibility index (Phi) is 5.44. The van der Waals surface area contributed by atoms with Gasteiger partial charge in [0, 0.05) is 5.69 Å². The monoisotopic (exact) mass is 369 g/mol. The molecule has 0 spiro atoms. The molecule has 2 aromatic rings. The second-order valence-electron chi connectivity index (χ2n) is 7.08. The van der Waals surface area contributed by atoms with Gasteiger partial charge in [-0.05, 0) is 68.0 Å². The van der Waals surface area contributed by atoms with Crippen LogP contribution in [-0.2, 0) is 11.2 Å². The molecule has 0 aliphatic heterocycles. The van der Waals surface area contributed by atoms with Gasteiger partial charge < -0.3 is 16.0 Å². The predicted molar refractivity (Wildman–Crippen MR) is 103 cm³/mol. The van der Waals surface area contributed by atoms with Crippen LogP contribution in [0.4, 0.5) is 14.9 Å². The number of aryl methyl sites for hydroxylation is 4. The van der Waals surface area contributed by atoms with E-state index in [1.165, 1.54) is 12.1 Å². The van der Waals surface area contributed by atoms with Gasteiger partial charge in [0.25, 0.3) is 0 Å². The van der Waals surface area contributed by atoms with Gasteiger partial charge in [0.05, 0.1) is 12.6 Å². The Balaban J connectivity index is 1.52. The van der Waals surface area contributed by atoms with Crippen LogP contribution in [0, 0.1) is 26.6 Å². The lowest BCUT2D eigenvalue weighted by Crippen LogP contribution is -2.41. The van der Waals surface area contributed by atoms with Crippen molar-refractivity contribution >= 4 is 17.6 Å². The minimum Gasteiger partial charge on any atom is -0.331 e. The number of rotatable bonds is 4. The molecule has 0 radical (unpaired) electrons. The Morgan fingerprint density at radius 3 is 2.52 bits per heavy atom. The van der Waals surface area contributed by atoms with Crippen molar-refractivity contribution in [2.45, 2.75) is 39.7 Å². The lowest BCUT2D eigenvalue weighted by atomic mass is 10.1. The number of halogens is 1. The molecule has 5 nitrogen and oxygen atoms in total. The van der Waals surface area contributed by atoms with Crippen LogP contribution < -0.4 is 16.0 Å². The summed E-state index contributed by atoms with van der Waals surface area (Å²) in [5, 5.41) is 8.29. The molecule has 27 heavy (non-hydrogen) atoms. The van der Waals surface area contributed by atoms with Crippen molar-refractivity contribution in [3.05, 3.63) is 64.0 Å². The van der Waals surface area contributed by atoms with Crippen LogP contribution in [-0.4, -0.2) is 18.5 Å². The molecule has 0 saturated heterocycles. The fraction of sp³-hybridized carbons (Fsp3) is 0.333. The zero-order valence-electron chi connectivity index (χ0n) is 15.8. The summed E-state index contributed by atoms with van der Waals surface area (Å²) in [5.74, 6) is -0.550. The zero-order chi connectivity index (χ0) is 19.6.